The maximum absolute atomic E-state index is 2.42. The van der Waals surface area contributed by atoms with Crippen molar-refractivity contribution in [1.82, 2.24) is 9.13 Å². The normalized spacial score (nSPS) is 10.9. The van der Waals surface area contributed by atoms with Gasteiger partial charge in [0.2, 0.25) is 0 Å². The molecule has 0 unspecified atom stereocenters. The van der Waals surface area contributed by atoms with Gasteiger partial charge in [0, 0.05) is 32.9 Å². The van der Waals surface area contributed by atoms with Gasteiger partial charge in [0.15, 0.2) is 0 Å². The summed E-state index contributed by atoms with van der Waals surface area (Å²) < 4.78 is 4.80. The summed E-state index contributed by atoms with van der Waals surface area (Å²) in [6.45, 7) is 10.1. The van der Waals surface area contributed by atoms with E-state index in [-0.39, 0.29) is 0 Å². The summed E-state index contributed by atoms with van der Waals surface area (Å²) in [5, 5.41) is 5.01. The molecule has 0 aliphatic rings. The Balaban J connectivity index is 0.000000404. The van der Waals surface area contributed by atoms with Crippen LogP contribution in [-0.4, -0.2) is 9.13 Å². The van der Waals surface area contributed by atoms with E-state index < -0.39 is 0 Å². The van der Waals surface area contributed by atoms with Crippen LogP contribution in [0.1, 0.15) is 33.3 Å². The van der Waals surface area contributed by atoms with E-state index in [4.69, 9.17) is 0 Å². The Morgan fingerprint density at radius 1 is 0.261 bits per heavy atom. The van der Waals surface area contributed by atoms with Crippen LogP contribution < -0.4 is 0 Å². The molecule has 0 fully saturated rings. The molecule has 69 heavy (non-hydrogen) atoms. The van der Waals surface area contributed by atoms with E-state index in [2.05, 4.69) is 247 Å². The molecule has 2 aromatic heterocycles. The molecule has 0 radical (unpaired) electrons. The average Bonchev–Trinajstić information content (AvgIpc) is 3.95. The number of fused-ring (bicyclic) bond motifs is 6. The first kappa shape index (κ1) is 45.7. The van der Waals surface area contributed by atoms with Crippen LogP contribution in [0.4, 0.5) is 0 Å². The minimum Gasteiger partial charge on any atom is -0.309 e. The van der Waals surface area contributed by atoms with Crippen molar-refractivity contribution in [2.24, 2.45) is 0 Å². The minimum absolute atomic E-state index is 1.14. The first-order chi connectivity index (χ1) is 34.1. The van der Waals surface area contributed by atoms with Crippen molar-refractivity contribution in [1.29, 1.82) is 0 Å². The lowest BCUT2D eigenvalue weighted by Gasteiger charge is -2.14. The van der Waals surface area contributed by atoms with Gasteiger partial charge in [-0.3, -0.25) is 0 Å². The number of rotatable bonds is 6. The monoisotopic (exact) mass is 890 g/mol. The first-order valence-electron chi connectivity index (χ1n) is 24.2. The van der Waals surface area contributed by atoms with Crippen molar-refractivity contribution in [3.8, 4) is 55.9 Å². The summed E-state index contributed by atoms with van der Waals surface area (Å²) in [6.07, 6.45) is 4.00. The summed E-state index contributed by atoms with van der Waals surface area (Å²) in [6, 6.07) is 89.7. The topological polar surface area (TPSA) is 9.86 Å². The summed E-state index contributed by atoms with van der Waals surface area (Å²) in [5.41, 5.74) is 18.1. The van der Waals surface area contributed by atoms with E-state index in [0.29, 0.717) is 0 Å². The van der Waals surface area contributed by atoms with Gasteiger partial charge in [-0.1, -0.05) is 201 Å². The van der Waals surface area contributed by atoms with Crippen LogP contribution in [0.3, 0.4) is 0 Å². The van der Waals surface area contributed by atoms with Crippen LogP contribution in [0.5, 0.6) is 0 Å². The molecular weight excluding hydrogens is 833 g/mol. The zero-order valence-corrected chi connectivity index (χ0v) is 40.2. The van der Waals surface area contributed by atoms with E-state index in [9.17, 15) is 0 Å². The van der Waals surface area contributed by atoms with Crippen molar-refractivity contribution in [3.63, 3.8) is 0 Å². The standard InChI is InChI=1S/C54H36N2.C7H8.C4H8.C2H6/c1-4-15-37(16-5-1)42-31-43(38-17-6-2-7-18-38)33-44(32-42)39-19-14-22-46(34-39)56-52-26-13-11-24-48(52)50-36-41(28-30-54(50)56)40-27-29-53-49(35-40)47-23-10-12-25-51(47)55(53)45-20-8-3-9-21-45;1-7-5-3-2-4-6-7;1-3-4-2;1-2/h1-36H;2-6H,1H3;3-4H,1-2H3;1-2H3/b;;4-3-;. The summed E-state index contributed by atoms with van der Waals surface area (Å²) in [4.78, 5) is 0. The molecule has 12 aromatic rings. The molecule has 0 saturated heterocycles. The van der Waals surface area contributed by atoms with Gasteiger partial charge in [-0.15, -0.1) is 0 Å². The van der Waals surface area contributed by atoms with E-state index >= 15 is 0 Å². The Bertz CT molecular complexity index is 3570. The Labute approximate surface area is 407 Å². The minimum atomic E-state index is 1.14. The predicted molar refractivity (Wildman–Crippen MR) is 300 cm³/mol. The van der Waals surface area contributed by atoms with E-state index in [1.165, 1.54) is 99.4 Å². The molecule has 0 N–H and O–H groups in total. The van der Waals surface area contributed by atoms with Crippen LogP contribution in [-0.2, 0) is 0 Å². The SMILES string of the molecule is C/C=C\C.CC.Cc1ccccc1.c1ccc(-c2cc(-c3ccccc3)cc(-c3cccc(-n4c5ccccc5c5cc(-c6ccc7c(c6)c6ccccc6n7-c6ccccc6)ccc54)c3)c2)cc1. The molecule has 336 valence electrons. The maximum atomic E-state index is 2.42. The predicted octanol–water partition coefficient (Wildman–Crippen LogP) is 19.2. The second-order valence-corrected chi connectivity index (χ2v) is 16.9. The molecule has 12 rings (SSSR count). The van der Waals surface area contributed by atoms with Gasteiger partial charge in [0.1, 0.15) is 0 Å². The number of aromatic nitrogens is 2. The second-order valence-electron chi connectivity index (χ2n) is 16.9. The third-order valence-electron chi connectivity index (χ3n) is 12.6. The number of aryl methyl sites for hydroxylation is 1. The smallest absolute Gasteiger partial charge is 0.0541 e. The number of hydrogen-bond acceptors (Lipinski definition) is 0. The van der Waals surface area contributed by atoms with Crippen molar-refractivity contribution < 1.29 is 0 Å². The van der Waals surface area contributed by atoms with E-state index in [1.54, 1.807) is 0 Å². The van der Waals surface area contributed by atoms with Crippen LogP contribution >= 0.6 is 0 Å². The second kappa shape index (κ2) is 21.4. The Kier molecular flexibility index (Phi) is 14.2. The molecule has 0 bridgehead atoms. The molecule has 2 heteroatoms. The highest BCUT2D eigenvalue weighted by Crippen LogP contribution is 2.39. The maximum Gasteiger partial charge on any atom is 0.0541 e. The molecule has 0 atom stereocenters. The largest absolute Gasteiger partial charge is 0.309 e. The number of para-hydroxylation sites is 3. The molecule has 0 spiro atoms. The fraction of sp³-hybridized carbons (Fsp3) is 0.0746. The number of allylic oxidation sites excluding steroid dienone is 2. The first-order valence-corrected chi connectivity index (χ1v) is 24.2. The summed E-state index contributed by atoms with van der Waals surface area (Å²) in [7, 11) is 0. The third kappa shape index (κ3) is 9.70. The highest BCUT2D eigenvalue weighted by molar-refractivity contribution is 6.12. The number of hydrogen-bond donors (Lipinski definition) is 0. The van der Waals surface area contributed by atoms with Gasteiger partial charge in [-0.2, -0.15) is 0 Å². The zero-order valence-electron chi connectivity index (χ0n) is 40.2. The van der Waals surface area contributed by atoms with Crippen molar-refractivity contribution in [2.45, 2.75) is 34.6 Å². The van der Waals surface area contributed by atoms with Crippen LogP contribution in [0.15, 0.2) is 261 Å². The van der Waals surface area contributed by atoms with Crippen molar-refractivity contribution in [2.75, 3.05) is 0 Å². The Morgan fingerprint density at radius 3 is 1.06 bits per heavy atom. The van der Waals surface area contributed by atoms with Gasteiger partial charge >= 0.3 is 0 Å². The lowest BCUT2D eigenvalue weighted by Crippen LogP contribution is -1.94. The third-order valence-corrected chi connectivity index (χ3v) is 12.6. The summed E-state index contributed by atoms with van der Waals surface area (Å²) >= 11 is 0. The molecule has 2 nitrogen and oxygen atoms in total. The molecule has 10 aromatic carbocycles. The molecule has 2 heterocycles. The molecular formula is C67H58N2. The van der Waals surface area contributed by atoms with Crippen LogP contribution in [0.2, 0.25) is 0 Å². The van der Waals surface area contributed by atoms with Gasteiger partial charge in [0.05, 0.1) is 22.1 Å². The average molecular weight is 891 g/mol. The lowest BCUT2D eigenvalue weighted by molar-refractivity contribution is 1.18. The molecule has 0 aliphatic carbocycles. The highest BCUT2D eigenvalue weighted by atomic mass is 15.0. The van der Waals surface area contributed by atoms with E-state index in [0.717, 1.165) is 5.69 Å². The Hall–Kier alpha value is -8.46. The van der Waals surface area contributed by atoms with Gasteiger partial charge in [-0.05, 0) is 144 Å². The fourth-order valence-electron chi connectivity index (χ4n) is 9.19. The van der Waals surface area contributed by atoms with Crippen LogP contribution in [0, 0.1) is 6.92 Å². The van der Waals surface area contributed by atoms with Crippen LogP contribution in [0.25, 0.3) is 99.5 Å². The highest BCUT2D eigenvalue weighted by Gasteiger charge is 2.17. The lowest BCUT2D eigenvalue weighted by atomic mass is 9.93. The fourth-order valence-corrected chi connectivity index (χ4v) is 9.19. The molecule has 0 amide bonds. The van der Waals surface area contributed by atoms with Crippen molar-refractivity contribution >= 4 is 43.6 Å². The van der Waals surface area contributed by atoms with E-state index in [1.807, 2.05) is 58.0 Å². The van der Waals surface area contributed by atoms with Gasteiger partial charge < -0.3 is 9.13 Å². The zero-order chi connectivity index (χ0) is 47.5. The molecule has 0 aliphatic heterocycles. The molecule has 0 saturated carbocycles. The number of nitrogens with zero attached hydrogens (tertiary/aromatic N) is 2. The van der Waals surface area contributed by atoms with Gasteiger partial charge in [-0.25, -0.2) is 0 Å². The summed E-state index contributed by atoms with van der Waals surface area (Å²) in [5.74, 6) is 0. The van der Waals surface area contributed by atoms with Gasteiger partial charge in [0.25, 0.3) is 0 Å². The quantitative estimate of drug-likeness (QED) is 0.147. The van der Waals surface area contributed by atoms with Crippen molar-refractivity contribution in [3.05, 3.63) is 266 Å². The number of benzene rings is 10. The Morgan fingerprint density at radius 2 is 0.609 bits per heavy atom.